The predicted octanol–water partition coefficient (Wildman–Crippen LogP) is 2.50. The number of ether oxygens (including phenoxy) is 1. The van der Waals surface area contributed by atoms with Crippen molar-refractivity contribution in [3.63, 3.8) is 0 Å². The van der Waals surface area contributed by atoms with Crippen LogP contribution in [0.15, 0.2) is 55.1 Å². The van der Waals surface area contributed by atoms with Gasteiger partial charge in [0, 0.05) is 19.2 Å². The molecule has 13 heteroatoms. The Balaban J connectivity index is 1.62. The summed E-state index contributed by atoms with van der Waals surface area (Å²) in [6.07, 6.45) is 4.41. The molecule has 0 saturated carbocycles. The first-order valence-corrected chi connectivity index (χ1v) is 12.8. The Bertz CT molecular complexity index is 1460. The van der Waals surface area contributed by atoms with Crippen molar-refractivity contribution < 1.29 is 17.9 Å². The third-order valence-electron chi connectivity index (χ3n) is 4.89. The number of nitrogens with zero attached hydrogens (tertiary/aromatic N) is 5. The van der Waals surface area contributed by atoms with Gasteiger partial charge in [0.25, 0.3) is 5.91 Å². The Hall–Kier alpha value is -3.61. The molecule has 0 aliphatic rings. The summed E-state index contributed by atoms with van der Waals surface area (Å²) in [6.45, 7) is 1.86. The van der Waals surface area contributed by atoms with E-state index in [9.17, 15) is 13.2 Å². The summed E-state index contributed by atoms with van der Waals surface area (Å²) in [5.41, 5.74) is 1.98. The van der Waals surface area contributed by atoms with Crippen molar-refractivity contribution in [2.45, 2.75) is 19.4 Å². The molecule has 1 unspecified atom stereocenters. The number of fused-ring (bicyclic) bond motifs is 1. The molecule has 0 spiro atoms. The molecule has 0 aliphatic carbocycles. The summed E-state index contributed by atoms with van der Waals surface area (Å²) < 4.78 is 32.9. The average molecular weight is 516 g/mol. The van der Waals surface area contributed by atoms with Gasteiger partial charge in [-0.25, -0.2) is 32.8 Å². The summed E-state index contributed by atoms with van der Waals surface area (Å²) in [5.74, 6) is -0.0590. The second-order valence-electron chi connectivity index (χ2n) is 7.70. The lowest BCUT2D eigenvalue weighted by molar-refractivity contribution is -0.123. The predicted molar refractivity (Wildman–Crippen MR) is 131 cm³/mol. The second-order valence-corrected chi connectivity index (χ2v) is 9.94. The van der Waals surface area contributed by atoms with E-state index < -0.39 is 22.0 Å². The molecule has 3 aromatic heterocycles. The van der Waals surface area contributed by atoms with Crippen molar-refractivity contribution in [2.75, 3.05) is 18.1 Å². The Kier molecular flexibility index (Phi) is 7.24. The molecule has 35 heavy (non-hydrogen) atoms. The van der Waals surface area contributed by atoms with Crippen LogP contribution in [-0.4, -0.2) is 58.0 Å². The molecule has 1 amide bonds. The van der Waals surface area contributed by atoms with Crippen molar-refractivity contribution in [1.29, 1.82) is 0 Å². The van der Waals surface area contributed by atoms with Crippen molar-refractivity contribution in [2.24, 2.45) is 0 Å². The molecule has 0 bridgehead atoms. The van der Waals surface area contributed by atoms with Gasteiger partial charge in [-0.15, -0.1) is 0 Å². The molecule has 0 radical (unpaired) electrons. The Morgan fingerprint density at radius 3 is 2.66 bits per heavy atom. The van der Waals surface area contributed by atoms with E-state index in [2.05, 4.69) is 30.1 Å². The molecule has 1 atom stereocenters. The Morgan fingerprint density at radius 1 is 1.14 bits per heavy atom. The van der Waals surface area contributed by atoms with Crippen LogP contribution in [0.25, 0.3) is 16.7 Å². The van der Waals surface area contributed by atoms with Gasteiger partial charge in [-0.05, 0) is 30.7 Å². The monoisotopic (exact) mass is 515 g/mol. The van der Waals surface area contributed by atoms with Gasteiger partial charge in [-0.1, -0.05) is 29.8 Å². The van der Waals surface area contributed by atoms with Crippen LogP contribution in [0.5, 0.6) is 5.88 Å². The van der Waals surface area contributed by atoms with Crippen LogP contribution in [0.1, 0.15) is 12.0 Å². The van der Waals surface area contributed by atoms with E-state index >= 15 is 0 Å². The quantitative estimate of drug-likeness (QED) is 0.346. The van der Waals surface area contributed by atoms with Gasteiger partial charge in [-0.2, -0.15) is 5.10 Å². The fraction of sp³-hybridized carbons (Fsp3) is 0.227. The van der Waals surface area contributed by atoms with Crippen LogP contribution in [0, 0.1) is 6.92 Å². The van der Waals surface area contributed by atoms with Crippen LogP contribution in [0.2, 0.25) is 5.02 Å². The summed E-state index contributed by atoms with van der Waals surface area (Å²) in [7, 11) is -3.45. The highest BCUT2D eigenvalue weighted by Crippen LogP contribution is 2.27. The number of carbonyl (C=O) groups is 1. The van der Waals surface area contributed by atoms with Crippen LogP contribution >= 0.6 is 11.6 Å². The lowest BCUT2D eigenvalue weighted by atomic mass is 10.2. The number of anilines is 1. The molecular weight excluding hydrogens is 494 g/mol. The average Bonchev–Trinajstić information content (AvgIpc) is 3.24. The molecule has 4 rings (SSSR count). The van der Waals surface area contributed by atoms with Gasteiger partial charge in [0.05, 0.1) is 23.2 Å². The molecule has 0 aliphatic heterocycles. The third-order valence-corrected chi connectivity index (χ3v) is 5.94. The summed E-state index contributed by atoms with van der Waals surface area (Å²) in [6, 6.07) is 10.6. The van der Waals surface area contributed by atoms with E-state index in [1.807, 2.05) is 13.0 Å². The molecular formula is C22H22ClN7O4S. The number of sulfonamides is 1. The van der Waals surface area contributed by atoms with Crippen molar-refractivity contribution in [3.05, 3.63) is 65.7 Å². The molecule has 11 nitrogen and oxygen atoms in total. The maximum absolute atomic E-state index is 13.0. The van der Waals surface area contributed by atoms with Crippen molar-refractivity contribution in [3.8, 4) is 11.6 Å². The summed E-state index contributed by atoms with van der Waals surface area (Å²) in [4.78, 5) is 25.7. The van der Waals surface area contributed by atoms with Gasteiger partial charge >= 0.3 is 0 Å². The standard InChI is InChI=1S/C22H22ClN7O4S/c1-14-7-8-19(24-11-14)29-21(31)18(9-10-28-35(2,32)33)34-22-15-12-27-30(20(15)25-13-26-22)17-6-4-3-5-16(17)23/h3-8,11-13,18,28H,9-10H2,1-2H3,(H,24,29,31). The van der Waals surface area contributed by atoms with Crippen LogP contribution < -0.4 is 14.8 Å². The number of amides is 1. The molecule has 1 aromatic carbocycles. The molecule has 3 heterocycles. The number of pyridine rings is 1. The fourth-order valence-electron chi connectivity index (χ4n) is 3.22. The SMILES string of the molecule is Cc1ccc(NC(=O)C(CCNS(C)(=O)=O)Oc2ncnc3c2cnn3-c2ccccc2Cl)nc1. The van der Waals surface area contributed by atoms with Crippen LogP contribution in [-0.2, 0) is 14.8 Å². The van der Waals surface area contributed by atoms with E-state index in [0.29, 0.717) is 27.6 Å². The number of nitrogens with one attached hydrogen (secondary N) is 2. The largest absolute Gasteiger partial charge is 0.464 e. The van der Waals surface area contributed by atoms with E-state index in [4.69, 9.17) is 16.3 Å². The van der Waals surface area contributed by atoms with Crippen molar-refractivity contribution >= 4 is 44.4 Å². The number of carbonyl (C=O) groups excluding carboxylic acids is 1. The summed E-state index contributed by atoms with van der Waals surface area (Å²) in [5, 5.41) is 7.98. The fourth-order valence-corrected chi connectivity index (χ4v) is 3.92. The number of hydrogen-bond donors (Lipinski definition) is 2. The van der Waals surface area contributed by atoms with E-state index in [1.54, 1.807) is 41.2 Å². The number of halogens is 1. The van der Waals surface area contributed by atoms with Crippen LogP contribution in [0.4, 0.5) is 5.82 Å². The minimum absolute atomic E-state index is 0.0225. The van der Waals surface area contributed by atoms with E-state index in [-0.39, 0.29) is 18.8 Å². The highest BCUT2D eigenvalue weighted by molar-refractivity contribution is 7.88. The number of hydrogen-bond acceptors (Lipinski definition) is 8. The minimum atomic E-state index is -3.45. The zero-order valence-electron chi connectivity index (χ0n) is 18.8. The van der Waals surface area contributed by atoms with E-state index in [1.165, 1.54) is 12.5 Å². The second kappa shape index (κ2) is 10.3. The van der Waals surface area contributed by atoms with E-state index in [0.717, 1.165) is 11.8 Å². The smallest absolute Gasteiger partial charge is 0.266 e. The van der Waals surface area contributed by atoms with Gasteiger partial charge in [-0.3, -0.25) is 4.79 Å². The van der Waals surface area contributed by atoms with Gasteiger partial charge < -0.3 is 10.1 Å². The number of para-hydroxylation sites is 1. The number of benzene rings is 1. The van der Waals surface area contributed by atoms with Crippen LogP contribution in [0.3, 0.4) is 0 Å². The third kappa shape index (κ3) is 6.10. The maximum atomic E-state index is 13.0. The molecule has 182 valence electrons. The highest BCUT2D eigenvalue weighted by Gasteiger charge is 2.24. The zero-order valence-corrected chi connectivity index (χ0v) is 20.4. The first-order chi connectivity index (χ1) is 16.7. The topological polar surface area (TPSA) is 141 Å². The lowest BCUT2D eigenvalue weighted by Crippen LogP contribution is -2.37. The highest BCUT2D eigenvalue weighted by atomic mass is 35.5. The Labute approximate surface area is 206 Å². The van der Waals surface area contributed by atoms with Gasteiger partial charge in [0.15, 0.2) is 11.8 Å². The van der Waals surface area contributed by atoms with Gasteiger partial charge in [0.1, 0.15) is 17.5 Å². The molecule has 2 N–H and O–H groups in total. The van der Waals surface area contributed by atoms with Crippen molar-refractivity contribution in [1.82, 2.24) is 29.5 Å². The molecule has 4 aromatic rings. The molecule has 0 fully saturated rings. The first kappa shape index (κ1) is 24.5. The zero-order chi connectivity index (χ0) is 25.0. The first-order valence-electron chi connectivity index (χ1n) is 10.5. The number of aryl methyl sites for hydroxylation is 1. The molecule has 0 saturated heterocycles. The van der Waals surface area contributed by atoms with Gasteiger partial charge in [0.2, 0.25) is 15.9 Å². The number of aromatic nitrogens is 5. The Morgan fingerprint density at radius 2 is 1.94 bits per heavy atom. The summed E-state index contributed by atoms with van der Waals surface area (Å²) >= 11 is 6.31. The minimum Gasteiger partial charge on any atom is -0.464 e. The lowest BCUT2D eigenvalue weighted by Gasteiger charge is -2.18. The number of rotatable bonds is 9. The normalized spacial score (nSPS) is 12.4. The maximum Gasteiger partial charge on any atom is 0.266 e.